The normalized spacial score (nSPS) is 17.7. The number of nitrogens with zero attached hydrogens (tertiary/aromatic N) is 1. The van der Waals surface area contributed by atoms with E-state index in [1.807, 2.05) is 69.3 Å². The lowest BCUT2D eigenvalue weighted by molar-refractivity contribution is -0.159. The highest BCUT2D eigenvalue weighted by Gasteiger charge is 2.47. The first-order valence-corrected chi connectivity index (χ1v) is 14.9. The van der Waals surface area contributed by atoms with Crippen molar-refractivity contribution in [2.24, 2.45) is 5.92 Å². The molecule has 2 N–H and O–H groups in total. The third-order valence-corrected chi connectivity index (χ3v) is 7.04. The molecule has 0 heterocycles. The first-order chi connectivity index (χ1) is 19.9. The van der Waals surface area contributed by atoms with Crippen LogP contribution in [0.3, 0.4) is 0 Å². The molecule has 0 saturated heterocycles. The Morgan fingerprint density at radius 1 is 0.930 bits per heavy atom. The van der Waals surface area contributed by atoms with Crippen LogP contribution in [0.15, 0.2) is 48.5 Å². The van der Waals surface area contributed by atoms with Gasteiger partial charge >= 0.3 is 12.1 Å². The van der Waals surface area contributed by atoms with Gasteiger partial charge < -0.3 is 25.0 Å². The average Bonchev–Trinajstić information content (AvgIpc) is 3.61. The molecule has 3 rings (SSSR count). The maximum Gasteiger partial charge on any atom is 0.408 e. The maximum atomic E-state index is 14.4. The lowest BCUT2D eigenvalue weighted by atomic mass is 9.95. The van der Waals surface area contributed by atoms with Crippen molar-refractivity contribution in [2.45, 2.75) is 104 Å². The van der Waals surface area contributed by atoms with E-state index in [1.54, 1.807) is 46.4 Å². The second-order valence-electron chi connectivity index (χ2n) is 13.5. The molecule has 234 valence electrons. The van der Waals surface area contributed by atoms with Crippen molar-refractivity contribution in [1.82, 2.24) is 15.5 Å². The number of hydrogen-bond donors (Lipinski definition) is 2. The third-order valence-electron chi connectivity index (χ3n) is 7.04. The summed E-state index contributed by atoms with van der Waals surface area (Å²) in [5, 5.41) is 5.49. The standard InChI is InChI=1S/C34H47N3O6/c1-21-15-16-22(2)25(17-21)29(37(27-18-23(27)3)28(38)20-35-32(41)43-34(7,8)9)30(39)36-26(31(40)42-33(4,5)6)19-24-13-11-10-12-14-24/h10-17,23,26-27,29H,18-20H2,1-9H3,(H,35,41)(H,36,39). The average molecular weight is 594 g/mol. The summed E-state index contributed by atoms with van der Waals surface area (Å²) in [4.78, 5) is 55.5. The zero-order chi connectivity index (χ0) is 32.1. The molecule has 2 aromatic rings. The van der Waals surface area contributed by atoms with Gasteiger partial charge in [0.05, 0.1) is 0 Å². The van der Waals surface area contributed by atoms with Crippen LogP contribution in [-0.4, -0.2) is 58.6 Å². The van der Waals surface area contributed by atoms with Crippen LogP contribution in [0, 0.1) is 19.8 Å². The highest BCUT2D eigenvalue weighted by atomic mass is 16.6. The molecule has 0 radical (unpaired) electrons. The molecule has 2 aromatic carbocycles. The SMILES string of the molecule is Cc1ccc(C)c(C(C(=O)NC(Cc2ccccc2)C(=O)OC(C)(C)C)N(C(=O)CNC(=O)OC(C)(C)C)C2CC2C)c1. The van der Waals surface area contributed by atoms with Gasteiger partial charge in [-0.25, -0.2) is 9.59 Å². The number of carbonyl (C=O) groups excluding carboxylic acids is 4. The summed E-state index contributed by atoms with van der Waals surface area (Å²) in [6.45, 7) is 16.0. The summed E-state index contributed by atoms with van der Waals surface area (Å²) < 4.78 is 11.0. The monoisotopic (exact) mass is 593 g/mol. The summed E-state index contributed by atoms with van der Waals surface area (Å²) in [6.07, 6.45) is 0.214. The molecule has 0 spiro atoms. The van der Waals surface area contributed by atoms with Gasteiger partial charge in [-0.05, 0) is 84.4 Å². The summed E-state index contributed by atoms with van der Waals surface area (Å²) in [7, 11) is 0. The topological polar surface area (TPSA) is 114 Å². The summed E-state index contributed by atoms with van der Waals surface area (Å²) >= 11 is 0. The predicted octanol–water partition coefficient (Wildman–Crippen LogP) is 5.18. The fourth-order valence-electron chi connectivity index (χ4n) is 4.90. The van der Waals surface area contributed by atoms with Crippen molar-refractivity contribution >= 4 is 23.9 Å². The number of ether oxygens (including phenoxy) is 2. The van der Waals surface area contributed by atoms with Crippen LogP contribution >= 0.6 is 0 Å². The first-order valence-electron chi connectivity index (χ1n) is 14.9. The van der Waals surface area contributed by atoms with Crippen LogP contribution < -0.4 is 10.6 Å². The Labute approximate surface area is 255 Å². The molecule has 1 aliphatic carbocycles. The fourth-order valence-corrected chi connectivity index (χ4v) is 4.90. The lowest BCUT2D eigenvalue weighted by Crippen LogP contribution is -2.53. The highest BCUT2D eigenvalue weighted by Crippen LogP contribution is 2.41. The molecule has 0 aromatic heterocycles. The number of carbonyl (C=O) groups is 4. The van der Waals surface area contributed by atoms with Crippen LogP contribution in [0.25, 0.3) is 0 Å². The molecule has 4 unspecified atom stereocenters. The summed E-state index contributed by atoms with van der Waals surface area (Å²) in [5.74, 6) is -1.31. The number of amides is 3. The fraction of sp³-hybridized carbons (Fsp3) is 0.529. The number of nitrogens with one attached hydrogen (secondary N) is 2. The van der Waals surface area contributed by atoms with E-state index in [1.165, 1.54) is 0 Å². The number of rotatable bonds is 10. The molecule has 1 fully saturated rings. The predicted molar refractivity (Wildman–Crippen MR) is 165 cm³/mol. The molecule has 43 heavy (non-hydrogen) atoms. The van der Waals surface area contributed by atoms with Gasteiger partial charge in [0.1, 0.15) is 29.8 Å². The minimum Gasteiger partial charge on any atom is -0.458 e. The highest BCUT2D eigenvalue weighted by molar-refractivity contribution is 5.93. The van der Waals surface area contributed by atoms with Crippen LogP contribution in [-0.2, 0) is 30.3 Å². The molecule has 1 aliphatic rings. The first kappa shape index (κ1) is 33.6. The number of alkyl carbamates (subject to hydrolysis) is 1. The number of benzene rings is 2. The van der Waals surface area contributed by atoms with Crippen LogP contribution in [0.2, 0.25) is 0 Å². The minimum atomic E-state index is -1.04. The van der Waals surface area contributed by atoms with Crippen LogP contribution in [0.5, 0.6) is 0 Å². The van der Waals surface area contributed by atoms with E-state index in [2.05, 4.69) is 10.6 Å². The Balaban J connectivity index is 1.99. The Kier molecular flexibility index (Phi) is 10.6. The van der Waals surface area contributed by atoms with E-state index in [9.17, 15) is 19.2 Å². The minimum absolute atomic E-state index is 0.164. The molecular formula is C34H47N3O6. The lowest BCUT2D eigenvalue weighted by Gasteiger charge is -2.34. The van der Waals surface area contributed by atoms with E-state index in [0.29, 0.717) is 12.0 Å². The number of aryl methyl sites for hydroxylation is 2. The van der Waals surface area contributed by atoms with E-state index >= 15 is 0 Å². The number of hydrogen-bond acceptors (Lipinski definition) is 6. The second kappa shape index (κ2) is 13.6. The molecule has 0 bridgehead atoms. The van der Waals surface area contributed by atoms with Crippen molar-refractivity contribution in [2.75, 3.05) is 6.54 Å². The molecule has 0 aliphatic heterocycles. The Morgan fingerprint density at radius 3 is 2.09 bits per heavy atom. The van der Waals surface area contributed by atoms with Crippen LogP contribution in [0.1, 0.15) is 83.2 Å². The van der Waals surface area contributed by atoms with Crippen LogP contribution in [0.4, 0.5) is 4.79 Å². The zero-order valence-electron chi connectivity index (χ0n) is 26.9. The molecule has 9 nitrogen and oxygen atoms in total. The van der Waals surface area contributed by atoms with Gasteiger partial charge in [0.15, 0.2) is 0 Å². The van der Waals surface area contributed by atoms with Crippen molar-refractivity contribution < 1.29 is 28.7 Å². The molecule has 3 amide bonds. The quantitative estimate of drug-likeness (QED) is 0.367. The van der Waals surface area contributed by atoms with E-state index in [-0.39, 0.29) is 24.9 Å². The smallest absolute Gasteiger partial charge is 0.408 e. The van der Waals surface area contributed by atoms with Crippen molar-refractivity contribution in [3.05, 3.63) is 70.8 Å². The van der Waals surface area contributed by atoms with E-state index in [0.717, 1.165) is 16.7 Å². The zero-order valence-corrected chi connectivity index (χ0v) is 26.9. The summed E-state index contributed by atoms with van der Waals surface area (Å²) in [5.41, 5.74) is 1.77. The molecule has 4 atom stereocenters. The maximum absolute atomic E-state index is 14.4. The van der Waals surface area contributed by atoms with Gasteiger partial charge in [0, 0.05) is 12.5 Å². The Morgan fingerprint density at radius 2 is 1.53 bits per heavy atom. The molecule has 1 saturated carbocycles. The van der Waals surface area contributed by atoms with Crippen molar-refractivity contribution in [3.8, 4) is 0 Å². The van der Waals surface area contributed by atoms with Gasteiger partial charge in [-0.1, -0.05) is 61.0 Å². The molecular weight excluding hydrogens is 546 g/mol. The van der Waals surface area contributed by atoms with Crippen molar-refractivity contribution in [1.29, 1.82) is 0 Å². The van der Waals surface area contributed by atoms with E-state index in [4.69, 9.17) is 9.47 Å². The van der Waals surface area contributed by atoms with Gasteiger partial charge in [-0.15, -0.1) is 0 Å². The number of esters is 1. The van der Waals surface area contributed by atoms with E-state index < -0.39 is 47.2 Å². The summed E-state index contributed by atoms with van der Waals surface area (Å²) in [6, 6.07) is 12.9. The Hall–Kier alpha value is -3.88. The van der Waals surface area contributed by atoms with Gasteiger partial charge in [0.25, 0.3) is 0 Å². The van der Waals surface area contributed by atoms with Gasteiger partial charge in [-0.3, -0.25) is 9.59 Å². The van der Waals surface area contributed by atoms with Gasteiger partial charge in [0.2, 0.25) is 11.8 Å². The largest absolute Gasteiger partial charge is 0.458 e. The third kappa shape index (κ3) is 10.1. The van der Waals surface area contributed by atoms with Gasteiger partial charge in [-0.2, -0.15) is 0 Å². The molecule has 9 heteroatoms. The van der Waals surface area contributed by atoms with Crippen molar-refractivity contribution in [3.63, 3.8) is 0 Å². The Bertz CT molecular complexity index is 1310. The second-order valence-corrected chi connectivity index (χ2v) is 13.5.